The number of carbonyl (C=O) groups excluding carboxylic acids is 1. The van der Waals surface area contributed by atoms with Crippen molar-refractivity contribution in [3.63, 3.8) is 0 Å². The van der Waals surface area contributed by atoms with E-state index >= 15 is 0 Å². The number of rotatable bonds is 3. The van der Waals surface area contributed by atoms with Crippen LogP contribution >= 0.6 is 0 Å². The van der Waals surface area contributed by atoms with Gasteiger partial charge in [-0.1, -0.05) is 0 Å². The van der Waals surface area contributed by atoms with Crippen LogP contribution in [0.4, 0.5) is 0 Å². The first-order valence-electron chi connectivity index (χ1n) is 1.94. The van der Waals surface area contributed by atoms with Crippen LogP contribution in [-0.2, 0) is 4.79 Å². The minimum absolute atomic E-state index is 0. The molecule has 0 aliphatic carbocycles. The smallest absolute Gasteiger partial charge is 0.538 e. The van der Waals surface area contributed by atoms with Gasteiger partial charge in [0.25, 0.3) is 0 Å². The molecule has 0 bridgehead atoms. The van der Waals surface area contributed by atoms with Crippen molar-refractivity contribution < 1.29 is 71.1 Å². The average Bonchev–Trinajstić information content (AvgIpc) is 1.59. The largest absolute Gasteiger partial charge is 1.00 e. The van der Waals surface area contributed by atoms with Gasteiger partial charge < -0.3 is 9.90 Å². The summed E-state index contributed by atoms with van der Waals surface area (Å²) in [6.07, 6.45) is -2.86. The first kappa shape index (κ1) is 13.5. The first-order chi connectivity index (χ1) is 4.46. The maximum absolute atomic E-state index is 9.59. The monoisotopic (exact) mass is 188 g/mol. The molecule has 9 heteroatoms. The van der Waals surface area contributed by atoms with Gasteiger partial charge in [-0.3, -0.25) is 20.2 Å². The predicted octanol–water partition coefficient (Wildman–Crippen LogP) is -5.38. The van der Waals surface area contributed by atoms with Gasteiger partial charge in [-0.15, -0.1) is 0 Å². The molecule has 0 unspecified atom stereocenters. The Morgan fingerprint density at radius 2 is 1.45 bits per heavy atom. The molecule has 0 aromatic carbocycles. The second-order valence-electron chi connectivity index (χ2n) is 1.26. The van der Waals surface area contributed by atoms with Gasteiger partial charge in [0.1, 0.15) is 9.85 Å². The Labute approximate surface area is 102 Å². The molecule has 8 nitrogen and oxygen atoms in total. The van der Waals surface area contributed by atoms with Crippen molar-refractivity contribution in [2.45, 2.75) is 6.17 Å². The molecule has 0 amide bonds. The fraction of sp³-hybridized carbons (Fsp3) is 0.500. The molecule has 0 aliphatic rings. The molecule has 0 saturated carbocycles. The zero-order valence-corrected chi connectivity index (χ0v) is 8.54. The molecular weight excluding hydrogens is 187 g/mol. The van der Waals surface area contributed by atoms with Gasteiger partial charge >= 0.3 is 57.6 Å². The van der Waals surface area contributed by atoms with E-state index in [4.69, 9.17) is 0 Å². The van der Waals surface area contributed by atoms with Crippen molar-refractivity contribution in [1.29, 1.82) is 0 Å². The van der Waals surface area contributed by atoms with E-state index in [-0.39, 0.29) is 51.4 Å². The van der Waals surface area contributed by atoms with Crippen molar-refractivity contribution >= 4 is 5.97 Å². The molecule has 0 saturated heterocycles. The normalized spacial score (nSPS) is 8.45. The predicted molar refractivity (Wildman–Crippen MR) is 22.8 cm³/mol. The number of nitrogens with zero attached hydrogens (tertiary/aromatic N) is 2. The number of hydrogen-bond acceptors (Lipinski definition) is 6. The molecular formula is C2HKN2O6. The maximum atomic E-state index is 9.59. The Kier molecular flexibility index (Phi) is 6.80. The van der Waals surface area contributed by atoms with Crippen LogP contribution in [-0.4, -0.2) is 22.0 Å². The molecule has 0 N–H and O–H groups in total. The number of carboxylic acids is 1. The third-order valence-electron chi connectivity index (χ3n) is 0.610. The topological polar surface area (TPSA) is 126 Å². The molecule has 0 heterocycles. The van der Waals surface area contributed by atoms with Gasteiger partial charge in [0.2, 0.25) is 0 Å². The van der Waals surface area contributed by atoms with Crippen LogP contribution in [0.2, 0.25) is 0 Å². The Balaban J connectivity index is 0. The van der Waals surface area contributed by atoms with Crippen LogP contribution in [0, 0.1) is 20.2 Å². The summed E-state index contributed by atoms with van der Waals surface area (Å²) in [5.41, 5.74) is 0. The third-order valence-corrected chi connectivity index (χ3v) is 0.610. The van der Waals surface area contributed by atoms with E-state index < -0.39 is 22.0 Å². The minimum Gasteiger partial charge on any atom is -0.538 e. The molecule has 0 radical (unpaired) electrons. The van der Waals surface area contributed by atoms with Crippen molar-refractivity contribution in [3.8, 4) is 0 Å². The third kappa shape index (κ3) is 4.37. The summed E-state index contributed by atoms with van der Waals surface area (Å²) in [7, 11) is 0. The van der Waals surface area contributed by atoms with Crippen LogP contribution in [0.3, 0.4) is 0 Å². The summed E-state index contributed by atoms with van der Waals surface area (Å²) in [4.78, 5) is 25.5. The van der Waals surface area contributed by atoms with E-state index in [1.54, 1.807) is 0 Å². The summed E-state index contributed by atoms with van der Waals surface area (Å²) in [6, 6.07) is 0. The fourth-order valence-corrected chi connectivity index (χ4v) is 0.249. The molecule has 0 fully saturated rings. The molecule has 0 atom stereocenters. The number of hydrogen-bond donors (Lipinski definition) is 0. The van der Waals surface area contributed by atoms with Crippen LogP contribution in [0.5, 0.6) is 0 Å². The minimum atomic E-state index is -2.86. The van der Waals surface area contributed by atoms with E-state index in [0.717, 1.165) is 0 Å². The van der Waals surface area contributed by atoms with E-state index in [9.17, 15) is 30.1 Å². The van der Waals surface area contributed by atoms with Crippen molar-refractivity contribution in [1.82, 2.24) is 0 Å². The number of aliphatic carboxylic acids is 1. The van der Waals surface area contributed by atoms with Gasteiger partial charge in [0.05, 0.1) is 0 Å². The molecule has 11 heavy (non-hydrogen) atoms. The van der Waals surface area contributed by atoms with Crippen molar-refractivity contribution in [2.24, 2.45) is 0 Å². The van der Waals surface area contributed by atoms with Gasteiger partial charge in [-0.25, -0.2) is 0 Å². The Hall–Kier alpha value is -0.0936. The van der Waals surface area contributed by atoms with E-state index in [1.165, 1.54) is 0 Å². The van der Waals surface area contributed by atoms with Crippen molar-refractivity contribution in [3.05, 3.63) is 20.2 Å². The number of carboxylic acid groups (broad SMARTS) is 1. The summed E-state index contributed by atoms with van der Waals surface area (Å²) < 4.78 is 0. The Bertz CT molecular complexity index is 158. The molecule has 0 rings (SSSR count). The standard InChI is InChI=1S/C2H2N2O6.K/c5-2(6)1(3(7)8)4(9)10;/h1H,(H,5,6);/q;+1/p-1. The van der Waals surface area contributed by atoms with E-state index in [2.05, 4.69) is 0 Å². The van der Waals surface area contributed by atoms with Crippen molar-refractivity contribution in [2.75, 3.05) is 0 Å². The van der Waals surface area contributed by atoms with Gasteiger partial charge in [-0.05, 0) is 0 Å². The first-order valence-corrected chi connectivity index (χ1v) is 1.94. The average molecular weight is 188 g/mol. The molecule has 56 valence electrons. The van der Waals surface area contributed by atoms with Crippen LogP contribution < -0.4 is 56.5 Å². The van der Waals surface area contributed by atoms with Crippen LogP contribution in [0.25, 0.3) is 0 Å². The SMILES string of the molecule is O=C([O-])C([N+](=O)[O-])[N+](=O)[O-].[K+]. The Morgan fingerprint density at radius 1 is 1.18 bits per heavy atom. The molecule has 0 aliphatic heterocycles. The zero-order valence-electron chi connectivity index (χ0n) is 5.42. The van der Waals surface area contributed by atoms with Gasteiger partial charge in [-0.2, -0.15) is 0 Å². The van der Waals surface area contributed by atoms with Gasteiger partial charge in [0.15, 0.2) is 5.97 Å². The van der Waals surface area contributed by atoms with Crippen LogP contribution in [0.15, 0.2) is 0 Å². The zero-order chi connectivity index (χ0) is 8.31. The molecule has 0 aromatic rings. The summed E-state index contributed by atoms with van der Waals surface area (Å²) in [5, 5.41) is 28.6. The molecule has 0 aromatic heterocycles. The quantitative estimate of drug-likeness (QED) is 0.188. The number of carbonyl (C=O) groups is 1. The summed E-state index contributed by atoms with van der Waals surface area (Å²) in [5.74, 6) is -2.32. The molecule has 0 spiro atoms. The maximum Gasteiger partial charge on any atom is 1.00 e. The van der Waals surface area contributed by atoms with E-state index in [1.807, 2.05) is 0 Å². The van der Waals surface area contributed by atoms with E-state index in [0.29, 0.717) is 0 Å². The Morgan fingerprint density at radius 3 is 1.45 bits per heavy atom. The summed E-state index contributed by atoms with van der Waals surface area (Å²) >= 11 is 0. The fourth-order valence-electron chi connectivity index (χ4n) is 0.249. The van der Waals surface area contributed by atoms with Crippen LogP contribution in [0.1, 0.15) is 0 Å². The second-order valence-corrected chi connectivity index (χ2v) is 1.26. The number of nitro groups is 2. The summed E-state index contributed by atoms with van der Waals surface area (Å²) in [6.45, 7) is 0. The second kappa shape index (κ2) is 5.54. The van der Waals surface area contributed by atoms with Gasteiger partial charge in [0, 0.05) is 0 Å².